The Bertz CT molecular complexity index is 805. The Kier molecular flexibility index (Phi) is 4.83. The summed E-state index contributed by atoms with van der Waals surface area (Å²) < 4.78 is 27.1. The fraction of sp³-hybridized carbons (Fsp3) is 0.529. The number of anilines is 1. The van der Waals surface area contributed by atoms with Gasteiger partial charge in [-0.2, -0.15) is 4.31 Å². The molecule has 25 heavy (non-hydrogen) atoms. The van der Waals surface area contributed by atoms with Crippen LogP contribution >= 0.6 is 0 Å². The number of benzene rings is 1. The van der Waals surface area contributed by atoms with Crippen LogP contribution in [0.1, 0.15) is 31.7 Å². The van der Waals surface area contributed by atoms with E-state index in [2.05, 4.69) is 0 Å². The molecule has 136 valence electrons. The Morgan fingerprint density at radius 1 is 1.20 bits per heavy atom. The number of carbonyl (C=O) groups is 2. The molecule has 0 aromatic heterocycles. The Hall–Kier alpha value is -1.93. The predicted octanol–water partition coefficient (Wildman–Crippen LogP) is 1.47. The van der Waals surface area contributed by atoms with Crippen molar-refractivity contribution < 1.29 is 23.1 Å². The summed E-state index contributed by atoms with van der Waals surface area (Å²) in [6.07, 6.45) is 2.56. The van der Waals surface area contributed by atoms with Gasteiger partial charge in [-0.3, -0.25) is 9.59 Å². The lowest BCUT2D eigenvalue weighted by Gasteiger charge is -2.31. The zero-order chi connectivity index (χ0) is 18.2. The van der Waals surface area contributed by atoms with Crippen LogP contribution in [0.2, 0.25) is 0 Å². The van der Waals surface area contributed by atoms with Crippen molar-refractivity contribution in [2.75, 3.05) is 24.5 Å². The number of sulfonamides is 1. The van der Waals surface area contributed by atoms with Crippen molar-refractivity contribution in [2.45, 2.75) is 37.5 Å². The van der Waals surface area contributed by atoms with Crippen molar-refractivity contribution in [1.82, 2.24) is 4.31 Å². The van der Waals surface area contributed by atoms with E-state index in [0.717, 1.165) is 24.1 Å². The molecule has 1 saturated heterocycles. The van der Waals surface area contributed by atoms with E-state index in [4.69, 9.17) is 0 Å². The third-order valence-electron chi connectivity index (χ3n) is 4.92. The maximum absolute atomic E-state index is 12.9. The number of nitrogens with zero attached hydrogens (tertiary/aromatic N) is 2. The molecule has 7 nitrogen and oxygen atoms in total. The van der Waals surface area contributed by atoms with Crippen LogP contribution in [-0.4, -0.2) is 49.3 Å². The second-order valence-corrected chi connectivity index (χ2v) is 8.54. The Morgan fingerprint density at radius 2 is 1.96 bits per heavy atom. The van der Waals surface area contributed by atoms with Gasteiger partial charge >= 0.3 is 5.97 Å². The maximum atomic E-state index is 12.9. The monoisotopic (exact) mass is 366 g/mol. The molecule has 2 aliphatic heterocycles. The Morgan fingerprint density at radius 3 is 2.64 bits per heavy atom. The Balaban J connectivity index is 1.91. The third-order valence-corrected chi connectivity index (χ3v) is 6.78. The van der Waals surface area contributed by atoms with Crippen LogP contribution in [0.25, 0.3) is 0 Å². The van der Waals surface area contributed by atoms with Crippen molar-refractivity contribution in [3.05, 3.63) is 23.8 Å². The first-order valence-corrected chi connectivity index (χ1v) is 9.88. The molecule has 1 fully saturated rings. The zero-order valence-corrected chi connectivity index (χ0v) is 15.0. The average molecular weight is 366 g/mol. The Labute approximate surface area is 147 Å². The number of fused-ring (bicyclic) bond motifs is 1. The summed E-state index contributed by atoms with van der Waals surface area (Å²) >= 11 is 0. The number of hydrogen-bond acceptors (Lipinski definition) is 4. The van der Waals surface area contributed by atoms with E-state index in [1.165, 1.54) is 17.3 Å². The molecule has 1 atom stereocenters. The number of hydrogen-bond donors (Lipinski definition) is 1. The molecule has 0 unspecified atom stereocenters. The van der Waals surface area contributed by atoms with Crippen LogP contribution in [0.5, 0.6) is 0 Å². The summed E-state index contributed by atoms with van der Waals surface area (Å²) in [5, 5.41) is 9.17. The lowest BCUT2D eigenvalue weighted by molar-refractivity contribution is -0.142. The van der Waals surface area contributed by atoms with Gasteiger partial charge in [0.05, 0.1) is 10.8 Å². The van der Waals surface area contributed by atoms with Crippen molar-refractivity contribution in [3.8, 4) is 0 Å². The van der Waals surface area contributed by atoms with Gasteiger partial charge in [0.15, 0.2) is 0 Å². The van der Waals surface area contributed by atoms with E-state index in [0.29, 0.717) is 25.9 Å². The number of carbonyl (C=O) groups excluding carboxylic acids is 1. The molecule has 2 aliphatic rings. The van der Waals surface area contributed by atoms with Crippen LogP contribution in [-0.2, 0) is 26.0 Å². The number of rotatable bonds is 3. The van der Waals surface area contributed by atoms with E-state index < -0.39 is 21.9 Å². The van der Waals surface area contributed by atoms with Crippen molar-refractivity contribution >= 4 is 27.6 Å². The highest BCUT2D eigenvalue weighted by Crippen LogP contribution is 2.31. The summed E-state index contributed by atoms with van der Waals surface area (Å²) in [7, 11) is -3.73. The fourth-order valence-electron chi connectivity index (χ4n) is 3.57. The van der Waals surface area contributed by atoms with E-state index in [1.54, 1.807) is 17.0 Å². The molecule has 1 aromatic carbocycles. The first-order valence-electron chi connectivity index (χ1n) is 8.44. The molecule has 8 heteroatoms. The van der Waals surface area contributed by atoms with E-state index >= 15 is 0 Å². The van der Waals surface area contributed by atoms with Gasteiger partial charge in [0, 0.05) is 32.2 Å². The van der Waals surface area contributed by atoms with Gasteiger partial charge in [0.2, 0.25) is 15.9 Å². The highest BCUT2D eigenvalue weighted by Gasteiger charge is 2.34. The van der Waals surface area contributed by atoms with E-state index in [9.17, 15) is 23.1 Å². The highest BCUT2D eigenvalue weighted by atomic mass is 32.2. The second-order valence-electron chi connectivity index (χ2n) is 6.61. The first kappa shape index (κ1) is 17.9. The summed E-state index contributed by atoms with van der Waals surface area (Å²) in [6.45, 7) is 2.48. The minimum Gasteiger partial charge on any atom is -0.481 e. The van der Waals surface area contributed by atoms with Gasteiger partial charge in [0.1, 0.15) is 0 Å². The average Bonchev–Trinajstić information content (AvgIpc) is 2.60. The smallest absolute Gasteiger partial charge is 0.307 e. The molecule has 0 aliphatic carbocycles. The summed E-state index contributed by atoms with van der Waals surface area (Å²) in [5.74, 6) is -1.67. The topological polar surface area (TPSA) is 95.0 Å². The third kappa shape index (κ3) is 3.41. The lowest BCUT2D eigenvalue weighted by atomic mass is 10.0. The number of piperidine rings is 1. The molecule has 1 N–H and O–H groups in total. The van der Waals surface area contributed by atoms with Crippen LogP contribution < -0.4 is 4.90 Å². The molecule has 0 spiro atoms. The van der Waals surface area contributed by atoms with Crippen molar-refractivity contribution in [2.24, 2.45) is 5.92 Å². The standard InChI is InChI=1S/C17H22N2O5S/c1-12(20)19-9-3-4-13-10-15(6-7-16(13)19)25(23,24)18-8-2-5-14(11-18)17(21)22/h6-7,10,14H,2-5,8-9,11H2,1H3,(H,21,22)/t14-/m1/s1. The number of carboxylic acids is 1. The molecule has 1 aromatic rings. The number of aryl methyl sites for hydroxylation is 1. The van der Waals surface area contributed by atoms with Crippen molar-refractivity contribution in [1.29, 1.82) is 0 Å². The molecule has 0 saturated carbocycles. The first-order chi connectivity index (χ1) is 11.8. The quantitative estimate of drug-likeness (QED) is 0.874. The van der Waals surface area contributed by atoms with Gasteiger partial charge in [-0.1, -0.05) is 0 Å². The highest BCUT2D eigenvalue weighted by molar-refractivity contribution is 7.89. The number of amides is 1. The van der Waals surface area contributed by atoms with Crippen LogP contribution in [0.4, 0.5) is 5.69 Å². The van der Waals surface area contributed by atoms with Crippen LogP contribution in [0, 0.1) is 5.92 Å². The summed E-state index contributed by atoms with van der Waals surface area (Å²) in [4.78, 5) is 24.8. The van der Waals surface area contributed by atoms with Gasteiger partial charge < -0.3 is 10.0 Å². The lowest BCUT2D eigenvalue weighted by Crippen LogP contribution is -2.42. The van der Waals surface area contributed by atoms with Gasteiger partial charge in [-0.25, -0.2) is 8.42 Å². The van der Waals surface area contributed by atoms with E-state index in [1.807, 2.05) is 0 Å². The minimum atomic E-state index is -3.73. The largest absolute Gasteiger partial charge is 0.481 e. The fourth-order valence-corrected chi connectivity index (χ4v) is 5.15. The second kappa shape index (κ2) is 6.76. The molecule has 3 rings (SSSR count). The molecule has 0 radical (unpaired) electrons. The number of carboxylic acid groups (broad SMARTS) is 1. The van der Waals surface area contributed by atoms with Gasteiger partial charge in [-0.05, 0) is 49.4 Å². The SMILES string of the molecule is CC(=O)N1CCCc2cc(S(=O)(=O)N3CCC[C@@H](C(=O)O)C3)ccc21. The predicted molar refractivity (Wildman–Crippen MR) is 91.9 cm³/mol. The molecular weight excluding hydrogens is 344 g/mol. The molecular formula is C17H22N2O5S. The van der Waals surface area contributed by atoms with E-state index in [-0.39, 0.29) is 17.3 Å². The minimum absolute atomic E-state index is 0.00826. The van der Waals surface area contributed by atoms with Gasteiger partial charge in [-0.15, -0.1) is 0 Å². The van der Waals surface area contributed by atoms with Crippen LogP contribution in [0.15, 0.2) is 23.1 Å². The van der Waals surface area contributed by atoms with Gasteiger partial charge in [0.25, 0.3) is 0 Å². The maximum Gasteiger partial charge on any atom is 0.307 e. The molecule has 0 bridgehead atoms. The summed E-state index contributed by atoms with van der Waals surface area (Å²) in [6, 6.07) is 4.82. The normalized spacial score (nSPS) is 21.6. The zero-order valence-electron chi connectivity index (χ0n) is 14.1. The summed E-state index contributed by atoms with van der Waals surface area (Å²) in [5.41, 5.74) is 1.61. The number of aliphatic carboxylic acids is 1. The van der Waals surface area contributed by atoms with Crippen LogP contribution in [0.3, 0.4) is 0 Å². The van der Waals surface area contributed by atoms with Crippen molar-refractivity contribution in [3.63, 3.8) is 0 Å². The molecule has 1 amide bonds. The molecule has 2 heterocycles.